The highest BCUT2D eigenvalue weighted by molar-refractivity contribution is 5.80. The molecular formula is C16H14N4O3. The lowest BCUT2D eigenvalue weighted by Gasteiger charge is -2.06. The predicted octanol–water partition coefficient (Wildman–Crippen LogP) is 3.22. The van der Waals surface area contributed by atoms with Crippen LogP contribution in [0.5, 0.6) is 0 Å². The van der Waals surface area contributed by atoms with Gasteiger partial charge in [0, 0.05) is 11.6 Å². The number of aromatic nitrogens is 4. The molecule has 3 heterocycles. The number of nitrogens with zero attached hydrogens (tertiary/aromatic N) is 3. The quantitative estimate of drug-likeness (QED) is 0.627. The number of furan rings is 1. The molecule has 3 aromatic heterocycles. The summed E-state index contributed by atoms with van der Waals surface area (Å²) in [7, 11) is 0. The van der Waals surface area contributed by atoms with Crippen molar-refractivity contribution in [3.05, 3.63) is 47.1 Å². The molecule has 0 fully saturated rings. The fraction of sp³-hybridized carbons (Fsp3) is 0.188. The number of imidazole rings is 1. The third-order valence-corrected chi connectivity index (χ3v) is 3.65. The number of fused-ring (bicyclic) bond motifs is 1. The molecule has 7 heteroatoms. The average Bonchev–Trinajstić information content (AvgIpc) is 3.24. The van der Waals surface area contributed by atoms with Crippen LogP contribution in [0.15, 0.2) is 50.3 Å². The van der Waals surface area contributed by atoms with Crippen LogP contribution < -0.4 is 5.69 Å². The Hall–Kier alpha value is -3.09. The summed E-state index contributed by atoms with van der Waals surface area (Å²) in [6.45, 7) is 3.94. The Balaban J connectivity index is 1.80. The zero-order valence-electron chi connectivity index (χ0n) is 12.6. The monoisotopic (exact) mass is 310 g/mol. The number of H-pyrrole nitrogens is 1. The first-order valence-corrected chi connectivity index (χ1v) is 7.25. The Morgan fingerprint density at radius 3 is 2.87 bits per heavy atom. The molecule has 23 heavy (non-hydrogen) atoms. The van der Waals surface area contributed by atoms with Gasteiger partial charge in [-0.15, -0.1) is 0 Å². The Kier molecular flexibility index (Phi) is 2.94. The van der Waals surface area contributed by atoms with Crippen molar-refractivity contribution in [3.63, 3.8) is 0 Å². The lowest BCUT2D eigenvalue weighted by Crippen LogP contribution is -2.18. The van der Waals surface area contributed by atoms with Gasteiger partial charge in [-0.3, -0.25) is 4.57 Å². The smallest absolute Gasteiger partial charge is 0.326 e. The molecule has 1 N–H and O–H groups in total. The second-order valence-corrected chi connectivity index (χ2v) is 5.53. The van der Waals surface area contributed by atoms with Crippen LogP contribution in [0.1, 0.15) is 19.9 Å². The number of benzene rings is 1. The highest BCUT2D eigenvalue weighted by atomic mass is 16.5. The summed E-state index contributed by atoms with van der Waals surface area (Å²) in [5.74, 6) is 1.28. The van der Waals surface area contributed by atoms with E-state index in [2.05, 4.69) is 15.1 Å². The molecule has 0 amide bonds. The van der Waals surface area contributed by atoms with Crippen LogP contribution in [0.2, 0.25) is 0 Å². The molecule has 0 aliphatic carbocycles. The fourth-order valence-electron chi connectivity index (χ4n) is 2.62. The van der Waals surface area contributed by atoms with Crippen molar-refractivity contribution in [1.29, 1.82) is 0 Å². The molecule has 1 aromatic carbocycles. The zero-order chi connectivity index (χ0) is 16.0. The van der Waals surface area contributed by atoms with Crippen LogP contribution in [0.3, 0.4) is 0 Å². The van der Waals surface area contributed by atoms with Crippen molar-refractivity contribution < 1.29 is 8.94 Å². The van der Waals surface area contributed by atoms with Crippen LogP contribution in [0.25, 0.3) is 34.1 Å². The van der Waals surface area contributed by atoms with Gasteiger partial charge in [-0.2, -0.15) is 4.98 Å². The van der Waals surface area contributed by atoms with E-state index in [1.807, 2.05) is 32.0 Å². The molecule has 0 aliphatic heterocycles. The van der Waals surface area contributed by atoms with Crippen molar-refractivity contribution in [2.45, 2.75) is 19.9 Å². The molecule has 0 radical (unpaired) electrons. The largest absolute Gasteiger partial charge is 0.459 e. The van der Waals surface area contributed by atoms with Gasteiger partial charge < -0.3 is 13.9 Å². The van der Waals surface area contributed by atoms with E-state index < -0.39 is 0 Å². The summed E-state index contributed by atoms with van der Waals surface area (Å²) in [5.41, 5.74) is 2.22. The highest BCUT2D eigenvalue weighted by Gasteiger charge is 2.15. The molecule has 7 nitrogen and oxygen atoms in total. The maximum atomic E-state index is 12.0. The lowest BCUT2D eigenvalue weighted by molar-refractivity contribution is 0.417. The first-order chi connectivity index (χ1) is 11.1. The van der Waals surface area contributed by atoms with E-state index in [1.54, 1.807) is 23.0 Å². The van der Waals surface area contributed by atoms with Crippen LogP contribution in [0, 0.1) is 0 Å². The van der Waals surface area contributed by atoms with E-state index >= 15 is 0 Å². The van der Waals surface area contributed by atoms with E-state index in [-0.39, 0.29) is 11.7 Å². The average molecular weight is 310 g/mol. The van der Waals surface area contributed by atoms with Crippen molar-refractivity contribution in [1.82, 2.24) is 19.7 Å². The number of nitrogens with one attached hydrogen (secondary N) is 1. The topological polar surface area (TPSA) is 89.9 Å². The number of rotatable bonds is 3. The van der Waals surface area contributed by atoms with Gasteiger partial charge in [0.2, 0.25) is 5.82 Å². The minimum atomic E-state index is -0.128. The molecular weight excluding hydrogens is 296 g/mol. The van der Waals surface area contributed by atoms with E-state index in [9.17, 15) is 4.79 Å². The number of hydrogen-bond donors (Lipinski definition) is 1. The second kappa shape index (κ2) is 4.98. The summed E-state index contributed by atoms with van der Waals surface area (Å²) < 4.78 is 12.2. The molecule has 0 saturated heterocycles. The van der Waals surface area contributed by atoms with Gasteiger partial charge in [-0.1, -0.05) is 5.16 Å². The van der Waals surface area contributed by atoms with Gasteiger partial charge in [0.05, 0.1) is 17.3 Å². The normalized spacial score (nSPS) is 11.6. The van der Waals surface area contributed by atoms with E-state index in [4.69, 9.17) is 8.94 Å². The third kappa shape index (κ3) is 2.17. The Morgan fingerprint density at radius 1 is 1.26 bits per heavy atom. The van der Waals surface area contributed by atoms with Crippen molar-refractivity contribution in [2.75, 3.05) is 0 Å². The Labute approximate surface area is 130 Å². The van der Waals surface area contributed by atoms with Crippen LogP contribution in [-0.4, -0.2) is 19.7 Å². The lowest BCUT2D eigenvalue weighted by atomic mass is 10.2. The van der Waals surface area contributed by atoms with Gasteiger partial charge in [0.15, 0.2) is 5.76 Å². The SMILES string of the molecule is CC(C)n1c(=O)[nH]c2cc(-c3noc(-c4ccco4)n3)ccc21. The van der Waals surface area contributed by atoms with Crippen molar-refractivity contribution in [3.8, 4) is 23.0 Å². The van der Waals surface area contributed by atoms with Crippen molar-refractivity contribution in [2.24, 2.45) is 0 Å². The highest BCUT2D eigenvalue weighted by Crippen LogP contribution is 2.25. The maximum Gasteiger partial charge on any atom is 0.326 e. The standard InChI is InChI=1S/C16H14N4O3/c1-9(2)20-12-6-5-10(8-11(12)17-16(20)21)14-18-15(23-19-14)13-4-3-7-22-13/h3-9H,1-2H3,(H,17,21). The number of aromatic amines is 1. The summed E-state index contributed by atoms with van der Waals surface area (Å²) in [4.78, 5) is 19.2. The molecule has 116 valence electrons. The summed E-state index contributed by atoms with van der Waals surface area (Å²) in [6, 6.07) is 9.17. The van der Waals surface area contributed by atoms with Gasteiger partial charge in [-0.05, 0) is 44.2 Å². The van der Waals surface area contributed by atoms with Crippen LogP contribution >= 0.6 is 0 Å². The molecule has 0 spiro atoms. The molecule has 4 rings (SSSR count). The molecule has 0 bridgehead atoms. The van der Waals surface area contributed by atoms with Gasteiger partial charge in [0.25, 0.3) is 5.89 Å². The maximum absolute atomic E-state index is 12.0. The predicted molar refractivity (Wildman–Crippen MR) is 83.9 cm³/mol. The first-order valence-electron chi connectivity index (χ1n) is 7.25. The summed E-state index contributed by atoms with van der Waals surface area (Å²) in [5, 5.41) is 3.97. The molecule has 0 aliphatic rings. The summed E-state index contributed by atoms with van der Waals surface area (Å²) in [6.07, 6.45) is 1.55. The third-order valence-electron chi connectivity index (χ3n) is 3.65. The van der Waals surface area contributed by atoms with E-state index in [0.29, 0.717) is 17.5 Å². The van der Waals surface area contributed by atoms with Gasteiger partial charge >= 0.3 is 5.69 Å². The van der Waals surface area contributed by atoms with E-state index in [0.717, 1.165) is 16.6 Å². The Morgan fingerprint density at radius 2 is 2.13 bits per heavy atom. The minimum Gasteiger partial charge on any atom is -0.459 e. The van der Waals surface area contributed by atoms with E-state index in [1.165, 1.54) is 0 Å². The number of hydrogen-bond acceptors (Lipinski definition) is 5. The molecule has 4 aromatic rings. The first kappa shape index (κ1) is 13.6. The minimum absolute atomic E-state index is 0.0813. The van der Waals surface area contributed by atoms with Crippen molar-refractivity contribution >= 4 is 11.0 Å². The molecule has 0 atom stereocenters. The van der Waals surface area contributed by atoms with Crippen LogP contribution in [0.4, 0.5) is 0 Å². The molecule has 0 saturated carbocycles. The van der Waals surface area contributed by atoms with Gasteiger partial charge in [-0.25, -0.2) is 4.79 Å². The Bertz CT molecular complexity index is 1020. The second-order valence-electron chi connectivity index (χ2n) is 5.53. The molecule has 0 unspecified atom stereocenters. The van der Waals surface area contributed by atoms with Gasteiger partial charge in [0.1, 0.15) is 0 Å². The zero-order valence-corrected chi connectivity index (χ0v) is 12.6. The van der Waals surface area contributed by atoms with Crippen LogP contribution in [-0.2, 0) is 0 Å². The fourth-order valence-corrected chi connectivity index (χ4v) is 2.62. The summed E-state index contributed by atoms with van der Waals surface area (Å²) >= 11 is 0.